The van der Waals surface area contributed by atoms with E-state index in [9.17, 15) is 4.79 Å². The lowest BCUT2D eigenvalue weighted by atomic mass is 10.1. The van der Waals surface area contributed by atoms with E-state index in [2.05, 4.69) is 11.9 Å². The molecule has 0 aliphatic carbocycles. The van der Waals surface area contributed by atoms with Crippen LogP contribution in [0.1, 0.15) is 5.56 Å². The summed E-state index contributed by atoms with van der Waals surface area (Å²) in [5, 5.41) is 12.2. The first kappa shape index (κ1) is 14.3. The number of carbonyl (C=O) groups excluding carboxylic acids is 1. The minimum absolute atomic E-state index is 0.0631. The highest BCUT2D eigenvalue weighted by Gasteiger charge is 2.10. The van der Waals surface area contributed by atoms with Crippen LogP contribution in [0.3, 0.4) is 0 Å². The zero-order chi connectivity index (χ0) is 13.5. The third-order valence-electron chi connectivity index (χ3n) is 2.06. The van der Waals surface area contributed by atoms with Gasteiger partial charge in [0.15, 0.2) is 0 Å². The average Bonchev–Trinajstić information content (AvgIpc) is 2.35. The van der Waals surface area contributed by atoms with Crippen LogP contribution in [0.4, 0.5) is 0 Å². The molecule has 18 heavy (non-hydrogen) atoms. The normalized spacial score (nSPS) is 10.6. The Bertz CT molecular complexity index is 524. The molecule has 1 rings (SSSR count). The van der Waals surface area contributed by atoms with E-state index >= 15 is 0 Å². The molecule has 1 N–H and O–H groups in total. The summed E-state index contributed by atoms with van der Waals surface area (Å²) in [6.45, 7) is 3.76. The Morgan fingerprint density at radius 1 is 1.44 bits per heavy atom. The van der Waals surface area contributed by atoms with Gasteiger partial charge in [-0.3, -0.25) is 4.79 Å². The third kappa shape index (κ3) is 3.63. The standard InChI is InChI=1S/C13H10Cl2N2O/c1-2-6-17-13(18)9(8-16)7-10-11(14)4-3-5-12(10)15/h2-5,7H,1,6H2,(H,17,18)/b9-7-. The average molecular weight is 281 g/mol. The Kier molecular flexibility index (Phi) is 5.44. The first-order valence-electron chi connectivity index (χ1n) is 5.05. The maximum atomic E-state index is 11.6. The number of benzene rings is 1. The van der Waals surface area contributed by atoms with Gasteiger partial charge in [0, 0.05) is 22.2 Å². The highest BCUT2D eigenvalue weighted by molar-refractivity contribution is 6.37. The van der Waals surface area contributed by atoms with Crippen molar-refractivity contribution in [3.63, 3.8) is 0 Å². The fourth-order valence-electron chi connectivity index (χ4n) is 1.20. The summed E-state index contributed by atoms with van der Waals surface area (Å²) >= 11 is 11.9. The van der Waals surface area contributed by atoms with Crippen LogP contribution in [-0.2, 0) is 4.79 Å². The molecule has 1 aromatic rings. The van der Waals surface area contributed by atoms with E-state index in [1.165, 1.54) is 12.2 Å². The minimum Gasteiger partial charge on any atom is -0.348 e. The largest absolute Gasteiger partial charge is 0.348 e. The van der Waals surface area contributed by atoms with Crippen molar-refractivity contribution in [1.29, 1.82) is 5.26 Å². The number of hydrogen-bond acceptors (Lipinski definition) is 2. The number of hydrogen-bond donors (Lipinski definition) is 1. The van der Waals surface area contributed by atoms with E-state index in [0.29, 0.717) is 15.6 Å². The van der Waals surface area contributed by atoms with Crippen molar-refractivity contribution in [2.45, 2.75) is 0 Å². The van der Waals surface area contributed by atoms with E-state index in [1.54, 1.807) is 18.2 Å². The van der Waals surface area contributed by atoms with Gasteiger partial charge in [0.25, 0.3) is 5.91 Å². The molecule has 1 amide bonds. The highest BCUT2D eigenvalue weighted by atomic mass is 35.5. The van der Waals surface area contributed by atoms with E-state index < -0.39 is 5.91 Å². The zero-order valence-corrected chi connectivity index (χ0v) is 10.9. The number of nitrogens with one attached hydrogen (secondary N) is 1. The van der Waals surface area contributed by atoms with Gasteiger partial charge in [-0.05, 0) is 18.2 Å². The van der Waals surface area contributed by atoms with Gasteiger partial charge in [-0.1, -0.05) is 35.3 Å². The van der Waals surface area contributed by atoms with Gasteiger partial charge < -0.3 is 5.32 Å². The second-order valence-electron chi connectivity index (χ2n) is 3.30. The molecule has 0 atom stereocenters. The molecule has 0 saturated carbocycles. The molecule has 0 aliphatic heterocycles. The van der Waals surface area contributed by atoms with Crippen molar-refractivity contribution in [2.75, 3.05) is 6.54 Å². The van der Waals surface area contributed by atoms with Crippen LogP contribution < -0.4 is 5.32 Å². The van der Waals surface area contributed by atoms with Gasteiger partial charge in [0.1, 0.15) is 11.6 Å². The van der Waals surface area contributed by atoms with Crippen LogP contribution >= 0.6 is 23.2 Å². The molecule has 0 unspecified atom stereocenters. The SMILES string of the molecule is C=CCNC(=O)/C(C#N)=C\c1c(Cl)cccc1Cl. The van der Waals surface area contributed by atoms with Crippen LogP contribution in [0.25, 0.3) is 6.08 Å². The van der Waals surface area contributed by atoms with Crippen LogP contribution in [0.2, 0.25) is 10.0 Å². The van der Waals surface area contributed by atoms with Gasteiger partial charge in [-0.2, -0.15) is 5.26 Å². The molecule has 5 heteroatoms. The van der Waals surface area contributed by atoms with Crippen molar-refractivity contribution < 1.29 is 4.79 Å². The van der Waals surface area contributed by atoms with Crippen molar-refractivity contribution in [2.24, 2.45) is 0 Å². The highest BCUT2D eigenvalue weighted by Crippen LogP contribution is 2.26. The van der Waals surface area contributed by atoms with Gasteiger partial charge in [0.2, 0.25) is 0 Å². The first-order valence-corrected chi connectivity index (χ1v) is 5.80. The Morgan fingerprint density at radius 3 is 2.56 bits per heavy atom. The molecule has 1 aromatic carbocycles. The fourth-order valence-corrected chi connectivity index (χ4v) is 1.71. The summed E-state index contributed by atoms with van der Waals surface area (Å²) in [5.74, 6) is -0.492. The molecule has 3 nitrogen and oxygen atoms in total. The lowest BCUT2D eigenvalue weighted by Crippen LogP contribution is -2.24. The lowest BCUT2D eigenvalue weighted by molar-refractivity contribution is -0.116. The smallest absolute Gasteiger partial charge is 0.262 e. The van der Waals surface area contributed by atoms with Gasteiger partial charge >= 0.3 is 0 Å². The second kappa shape index (κ2) is 6.85. The van der Waals surface area contributed by atoms with Gasteiger partial charge in [0.05, 0.1) is 0 Å². The molecule has 92 valence electrons. The molecule has 0 saturated heterocycles. The molecular weight excluding hydrogens is 271 g/mol. The lowest BCUT2D eigenvalue weighted by Gasteiger charge is -2.03. The van der Waals surface area contributed by atoms with E-state index in [1.807, 2.05) is 6.07 Å². The molecule has 0 fully saturated rings. The maximum Gasteiger partial charge on any atom is 0.262 e. The van der Waals surface area contributed by atoms with Crippen molar-refractivity contribution in [3.05, 3.63) is 52.0 Å². The van der Waals surface area contributed by atoms with E-state index in [-0.39, 0.29) is 12.1 Å². The summed E-state index contributed by atoms with van der Waals surface area (Å²) in [4.78, 5) is 11.6. The van der Waals surface area contributed by atoms with Crippen molar-refractivity contribution in [1.82, 2.24) is 5.32 Å². The molecule has 0 aromatic heterocycles. The van der Waals surface area contributed by atoms with Crippen LogP contribution in [0, 0.1) is 11.3 Å². The topological polar surface area (TPSA) is 52.9 Å². The Hall–Kier alpha value is -1.76. The third-order valence-corrected chi connectivity index (χ3v) is 2.72. The summed E-state index contributed by atoms with van der Waals surface area (Å²) in [5.41, 5.74) is 0.387. The Morgan fingerprint density at radius 2 is 2.06 bits per heavy atom. The number of nitriles is 1. The minimum atomic E-state index is -0.492. The zero-order valence-electron chi connectivity index (χ0n) is 9.41. The number of halogens is 2. The van der Waals surface area contributed by atoms with Crippen LogP contribution in [-0.4, -0.2) is 12.5 Å². The molecule has 0 heterocycles. The number of amides is 1. The molecule has 0 bridgehead atoms. The quantitative estimate of drug-likeness (QED) is 0.523. The molecule has 0 radical (unpaired) electrons. The molecule has 0 spiro atoms. The van der Waals surface area contributed by atoms with E-state index in [0.717, 1.165) is 0 Å². The monoisotopic (exact) mass is 280 g/mol. The van der Waals surface area contributed by atoms with Crippen LogP contribution in [0.5, 0.6) is 0 Å². The summed E-state index contributed by atoms with van der Waals surface area (Å²) in [6.07, 6.45) is 2.89. The number of carbonyl (C=O) groups is 1. The first-order chi connectivity index (χ1) is 8.60. The second-order valence-corrected chi connectivity index (χ2v) is 4.12. The summed E-state index contributed by atoms with van der Waals surface area (Å²) < 4.78 is 0. The van der Waals surface area contributed by atoms with Crippen molar-refractivity contribution >= 4 is 35.2 Å². The number of rotatable bonds is 4. The molecule has 0 aliphatic rings. The fraction of sp³-hybridized carbons (Fsp3) is 0.0769. The Balaban J connectivity index is 3.09. The summed E-state index contributed by atoms with van der Waals surface area (Å²) in [6, 6.07) is 6.77. The van der Waals surface area contributed by atoms with Crippen molar-refractivity contribution in [3.8, 4) is 6.07 Å². The molecular formula is C13H10Cl2N2O. The predicted octanol–water partition coefficient (Wildman–Crippen LogP) is 3.20. The maximum absolute atomic E-state index is 11.6. The van der Waals surface area contributed by atoms with Gasteiger partial charge in [-0.25, -0.2) is 0 Å². The van der Waals surface area contributed by atoms with Crippen LogP contribution in [0.15, 0.2) is 36.4 Å². The number of nitrogens with zero attached hydrogens (tertiary/aromatic N) is 1. The van der Waals surface area contributed by atoms with Gasteiger partial charge in [-0.15, -0.1) is 6.58 Å². The summed E-state index contributed by atoms with van der Waals surface area (Å²) in [7, 11) is 0. The van der Waals surface area contributed by atoms with E-state index in [4.69, 9.17) is 28.5 Å². The Labute approximate surface area is 115 Å². The predicted molar refractivity (Wildman–Crippen MR) is 73.3 cm³/mol.